The standard InChI is InChI=1S/C12H16N2O6S/c1-19-11-3-2-9(8-10(11)12(15)16)21(17,18)13-14-4-6-20-7-5-14/h2-3,8,13H,4-7H2,1H3,(H,15,16). The van der Waals surface area contributed by atoms with E-state index >= 15 is 0 Å². The quantitative estimate of drug-likeness (QED) is 0.782. The van der Waals surface area contributed by atoms with Gasteiger partial charge in [-0.05, 0) is 18.2 Å². The van der Waals surface area contributed by atoms with Crippen LogP contribution in [0.15, 0.2) is 23.1 Å². The van der Waals surface area contributed by atoms with Crippen molar-refractivity contribution in [2.75, 3.05) is 33.4 Å². The summed E-state index contributed by atoms with van der Waals surface area (Å²) in [5.74, 6) is -1.15. The van der Waals surface area contributed by atoms with Crippen LogP contribution >= 0.6 is 0 Å². The third-order valence-corrected chi connectivity index (χ3v) is 4.35. The summed E-state index contributed by atoms with van der Waals surface area (Å²) < 4.78 is 34.5. The molecular formula is C12H16N2O6S. The number of hydrogen-bond acceptors (Lipinski definition) is 6. The first-order valence-electron chi connectivity index (χ1n) is 6.20. The Labute approximate surface area is 122 Å². The molecule has 0 amide bonds. The van der Waals surface area contributed by atoms with Gasteiger partial charge in [-0.2, -0.15) is 0 Å². The third kappa shape index (κ3) is 3.70. The minimum atomic E-state index is -3.84. The second-order valence-corrected chi connectivity index (χ2v) is 6.02. The lowest BCUT2D eigenvalue weighted by atomic mass is 10.2. The molecule has 0 spiro atoms. The molecule has 21 heavy (non-hydrogen) atoms. The monoisotopic (exact) mass is 316 g/mol. The van der Waals surface area contributed by atoms with E-state index in [-0.39, 0.29) is 16.2 Å². The topological polar surface area (TPSA) is 105 Å². The molecule has 1 fully saturated rings. The van der Waals surface area contributed by atoms with Gasteiger partial charge < -0.3 is 14.6 Å². The lowest BCUT2D eigenvalue weighted by Crippen LogP contribution is -2.48. The number of morpholine rings is 1. The van der Waals surface area contributed by atoms with Crippen molar-refractivity contribution in [3.05, 3.63) is 23.8 Å². The molecule has 1 saturated heterocycles. The summed E-state index contributed by atoms with van der Waals surface area (Å²) in [5.41, 5.74) is -0.206. The van der Waals surface area contributed by atoms with Crippen LogP contribution in [0.25, 0.3) is 0 Å². The second-order valence-electron chi connectivity index (χ2n) is 4.36. The number of hydrogen-bond donors (Lipinski definition) is 2. The molecule has 1 aliphatic rings. The molecule has 0 aliphatic carbocycles. The molecule has 0 aromatic heterocycles. The molecule has 1 aromatic rings. The van der Waals surface area contributed by atoms with Crippen molar-refractivity contribution in [3.8, 4) is 5.75 Å². The van der Waals surface area contributed by atoms with Gasteiger partial charge in [-0.3, -0.25) is 0 Å². The first kappa shape index (κ1) is 15.7. The SMILES string of the molecule is COc1ccc(S(=O)(=O)NN2CCOCC2)cc1C(=O)O. The fraction of sp³-hybridized carbons (Fsp3) is 0.417. The van der Waals surface area contributed by atoms with Crippen molar-refractivity contribution in [3.63, 3.8) is 0 Å². The number of benzene rings is 1. The van der Waals surface area contributed by atoms with Crippen molar-refractivity contribution in [1.82, 2.24) is 9.84 Å². The highest BCUT2D eigenvalue weighted by Crippen LogP contribution is 2.22. The molecule has 1 aliphatic heterocycles. The number of rotatable bonds is 5. The summed E-state index contributed by atoms with van der Waals surface area (Å²) in [7, 11) is -2.52. The Morgan fingerprint density at radius 1 is 1.38 bits per heavy atom. The fourth-order valence-corrected chi connectivity index (χ4v) is 3.05. The van der Waals surface area contributed by atoms with Gasteiger partial charge >= 0.3 is 5.97 Å². The molecule has 0 saturated carbocycles. The van der Waals surface area contributed by atoms with E-state index in [0.29, 0.717) is 26.3 Å². The Bertz CT molecular complexity index is 625. The predicted molar refractivity (Wildman–Crippen MR) is 72.7 cm³/mol. The van der Waals surface area contributed by atoms with E-state index in [1.54, 1.807) is 0 Å². The van der Waals surface area contributed by atoms with E-state index < -0.39 is 16.0 Å². The zero-order chi connectivity index (χ0) is 15.5. The highest BCUT2D eigenvalue weighted by molar-refractivity contribution is 7.89. The van der Waals surface area contributed by atoms with Gasteiger partial charge in [0.25, 0.3) is 10.0 Å². The number of nitrogens with zero attached hydrogens (tertiary/aromatic N) is 1. The van der Waals surface area contributed by atoms with Crippen molar-refractivity contribution < 1.29 is 27.8 Å². The average Bonchev–Trinajstić information content (AvgIpc) is 2.47. The number of aromatic carboxylic acids is 1. The number of carboxylic acids is 1. The molecule has 8 nitrogen and oxygen atoms in total. The number of sulfonamides is 1. The van der Waals surface area contributed by atoms with Crippen LogP contribution in [0.5, 0.6) is 5.75 Å². The van der Waals surface area contributed by atoms with Gasteiger partial charge in [-0.1, -0.05) is 0 Å². The highest BCUT2D eigenvalue weighted by atomic mass is 32.2. The van der Waals surface area contributed by atoms with Crippen molar-refractivity contribution in [2.45, 2.75) is 4.90 Å². The number of methoxy groups -OCH3 is 1. The zero-order valence-electron chi connectivity index (χ0n) is 11.4. The number of carboxylic acid groups (broad SMARTS) is 1. The van der Waals surface area contributed by atoms with Crippen LogP contribution in [0.3, 0.4) is 0 Å². The molecule has 0 unspecified atom stereocenters. The molecule has 1 heterocycles. The van der Waals surface area contributed by atoms with Crippen LogP contribution in [-0.4, -0.2) is 57.9 Å². The van der Waals surface area contributed by atoms with Gasteiger partial charge in [0.2, 0.25) is 0 Å². The van der Waals surface area contributed by atoms with E-state index in [1.807, 2.05) is 0 Å². The normalized spacial score (nSPS) is 16.6. The molecule has 2 rings (SSSR count). The number of ether oxygens (including phenoxy) is 2. The van der Waals surface area contributed by atoms with Crippen LogP contribution in [-0.2, 0) is 14.8 Å². The summed E-state index contributed by atoms with van der Waals surface area (Å²) in [6, 6.07) is 3.69. The summed E-state index contributed by atoms with van der Waals surface area (Å²) in [6.07, 6.45) is 0. The van der Waals surface area contributed by atoms with Crippen LogP contribution in [0.4, 0.5) is 0 Å². The van der Waals surface area contributed by atoms with Gasteiger partial charge in [0.1, 0.15) is 11.3 Å². The highest BCUT2D eigenvalue weighted by Gasteiger charge is 2.22. The predicted octanol–water partition coefficient (Wildman–Crippen LogP) is -0.0811. The van der Waals surface area contributed by atoms with Gasteiger partial charge in [0, 0.05) is 13.1 Å². The maximum Gasteiger partial charge on any atom is 0.339 e. The lowest BCUT2D eigenvalue weighted by Gasteiger charge is -2.26. The molecule has 2 N–H and O–H groups in total. The third-order valence-electron chi connectivity index (χ3n) is 2.97. The van der Waals surface area contributed by atoms with Crippen LogP contribution < -0.4 is 9.57 Å². The summed E-state index contributed by atoms with van der Waals surface area (Å²) in [6.45, 7) is 1.74. The molecule has 1 aromatic carbocycles. The maximum absolute atomic E-state index is 12.2. The van der Waals surface area contributed by atoms with Crippen LogP contribution in [0.2, 0.25) is 0 Å². The molecular weight excluding hydrogens is 300 g/mol. The van der Waals surface area contributed by atoms with E-state index in [0.717, 1.165) is 6.07 Å². The van der Waals surface area contributed by atoms with Crippen molar-refractivity contribution in [1.29, 1.82) is 0 Å². The summed E-state index contributed by atoms with van der Waals surface area (Å²) in [5, 5.41) is 10.6. The minimum absolute atomic E-state index is 0.104. The fourth-order valence-electron chi connectivity index (χ4n) is 1.90. The summed E-state index contributed by atoms with van der Waals surface area (Å²) >= 11 is 0. The second kappa shape index (κ2) is 6.39. The summed E-state index contributed by atoms with van der Waals surface area (Å²) in [4.78, 5) is 13.4. The van der Waals surface area contributed by atoms with Crippen LogP contribution in [0.1, 0.15) is 10.4 Å². The first-order valence-corrected chi connectivity index (χ1v) is 7.69. The number of hydrazine groups is 1. The molecule has 0 atom stereocenters. The number of nitrogens with one attached hydrogen (secondary N) is 1. The van der Waals surface area contributed by atoms with E-state index in [9.17, 15) is 13.2 Å². The Morgan fingerprint density at radius 3 is 2.62 bits per heavy atom. The Morgan fingerprint density at radius 2 is 2.05 bits per heavy atom. The molecule has 116 valence electrons. The average molecular weight is 316 g/mol. The van der Waals surface area contributed by atoms with Crippen molar-refractivity contribution in [2.24, 2.45) is 0 Å². The van der Waals surface area contributed by atoms with Gasteiger partial charge in [0.05, 0.1) is 25.2 Å². The van der Waals surface area contributed by atoms with E-state index in [2.05, 4.69) is 4.83 Å². The lowest BCUT2D eigenvalue weighted by molar-refractivity contribution is 0.0272. The minimum Gasteiger partial charge on any atom is -0.496 e. The molecule has 0 radical (unpaired) electrons. The van der Waals surface area contributed by atoms with Gasteiger partial charge in [-0.15, -0.1) is 4.83 Å². The maximum atomic E-state index is 12.2. The molecule has 9 heteroatoms. The van der Waals surface area contributed by atoms with Gasteiger partial charge in [0.15, 0.2) is 0 Å². The smallest absolute Gasteiger partial charge is 0.339 e. The van der Waals surface area contributed by atoms with Crippen molar-refractivity contribution >= 4 is 16.0 Å². The van der Waals surface area contributed by atoms with E-state index in [4.69, 9.17) is 14.6 Å². The largest absolute Gasteiger partial charge is 0.496 e. The Kier molecular flexibility index (Phi) is 4.78. The Hall–Kier alpha value is -1.68. The first-order chi connectivity index (χ1) is 9.94. The number of carbonyl (C=O) groups is 1. The molecule has 0 bridgehead atoms. The van der Waals surface area contributed by atoms with E-state index in [1.165, 1.54) is 24.3 Å². The zero-order valence-corrected chi connectivity index (χ0v) is 12.2. The van der Waals surface area contributed by atoms with Gasteiger partial charge in [-0.25, -0.2) is 18.2 Å². The van der Waals surface area contributed by atoms with Crippen LogP contribution in [0, 0.1) is 0 Å². The Balaban J connectivity index is 2.27.